The second kappa shape index (κ2) is 10.7. The lowest BCUT2D eigenvalue weighted by Gasteiger charge is -2.22. The SMILES string of the molecule is COc1cc(OC)cc(C(=O)NC(C(=O)NCCCc2c[nH]c3ccccc23)C(C)C)c1. The van der Waals surface area contributed by atoms with E-state index in [1.807, 2.05) is 32.2 Å². The minimum absolute atomic E-state index is 0.0694. The maximum atomic E-state index is 12.8. The Kier molecular flexibility index (Phi) is 7.76. The molecule has 2 aromatic carbocycles. The van der Waals surface area contributed by atoms with Crippen molar-refractivity contribution in [2.45, 2.75) is 32.7 Å². The molecule has 7 nitrogen and oxygen atoms in total. The molecule has 1 heterocycles. The van der Waals surface area contributed by atoms with Gasteiger partial charge >= 0.3 is 0 Å². The molecular formula is C25H31N3O4. The van der Waals surface area contributed by atoms with E-state index in [0.29, 0.717) is 23.6 Å². The normalized spacial score (nSPS) is 11.9. The van der Waals surface area contributed by atoms with Crippen molar-refractivity contribution in [3.63, 3.8) is 0 Å². The number of carbonyl (C=O) groups is 2. The summed E-state index contributed by atoms with van der Waals surface area (Å²) in [5.74, 6) is 0.409. The standard InChI is InChI=1S/C25H31N3O4/c1-16(2)23(28-24(29)18-12-19(31-3)14-20(13-18)32-4)25(30)26-11-7-8-17-15-27-22-10-6-5-9-21(17)22/h5-6,9-10,12-16,23,27H,7-8,11H2,1-4H3,(H,26,30)(H,28,29). The summed E-state index contributed by atoms with van der Waals surface area (Å²) in [6, 6.07) is 12.5. The Morgan fingerprint density at radius 3 is 2.38 bits per heavy atom. The van der Waals surface area contributed by atoms with E-state index >= 15 is 0 Å². The molecule has 1 aromatic heterocycles. The number of benzene rings is 2. The molecule has 170 valence electrons. The first-order valence-electron chi connectivity index (χ1n) is 10.8. The summed E-state index contributed by atoms with van der Waals surface area (Å²) in [5, 5.41) is 7.02. The minimum Gasteiger partial charge on any atom is -0.497 e. The average molecular weight is 438 g/mol. The van der Waals surface area contributed by atoms with Crippen molar-refractivity contribution < 1.29 is 19.1 Å². The Hall–Kier alpha value is -3.48. The Bertz CT molecular complexity index is 1050. The monoisotopic (exact) mass is 437 g/mol. The molecule has 0 fully saturated rings. The molecule has 0 aliphatic rings. The molecule has 0 spiro atoms. The number of aromatic nitrogens is 1. The van der Waals surface area contributed by atoms with E-state index in [1.54, 1.807) is 18.2 Å². The molecule has 3 rings (SSSR count). The van der Waals surface area contributed by atoms with Crippen molar-refractivity contribution in [2.75, 3.05) is 20.8 Å². The predicted molar refractivity (Wildman–Crippen MR) is 125 cm³/mol. The molecule has 0 aliphatic carbocycles. The van der Waals surface area contributed by atoms with Gasteiger partial charge in [0.15, 0.2) is 0 Å². The molecule has 32 heavy (non-hydrogen) atoms. The fourth-order valence-corrected chi connectivity index (χ4v) is 3.64. The lowest BCUT2D eigenvalue weighted by atomic mass is 10.0. The molecule has 0 radical (unpaired) electrons. The summed E-state index contributed by atoms with van der Waals surface area (Å²) in [6.45, 7) is 4.34. The van der Waals surface area contributed by atoms with Crippen LogP contribution in [0.3, 0.4) is 0 Å². The van der Waals surface area contributed by atoms with Crippen molar-refractivity contribution in [1.29, 1.82) is 0 Å². The number of hydrogen-bond donors (Lipinski definition) is 3. The summed E-state index contributed by atoms with van der Waals surface area (Å²) in [5.41, 5.74) is 2.72. The highest BCUT2D eigenvalue weighted by atomic mass is 16.5. The Morgan fingerprint density at radius 2 is 1.72 bits per heavy atom. The van der Waals surface area contributed by atoms with Gasteiger partial charge in [0, 0.05) is 35.3 Å². The predicted octanol–water partition coefficient (Wildman–Crippen LogP) is 3.69. The third kappa shape index (κ3) is 5.60. The van der Waals surface area contributed by atoms with Gasteiger partial charge in [-0.15, -0.1) is 0 Å². The number of fused-ring (bicyclic) bond motifs is 1. The number of aryl methyl sites for hydroxylation is 1. The van der Waals surface area contributed by atoms with Crippen molar-refractivity contribution in [1.82, 2.24) is 15.6 Å². The molecular weight excluding hydrogens is 406 g/mol. The number of rotatable bonds is 10. The van der Waals surface area contributed by atoms with Gasteiger partial charge < -0.3 is 25.1 Å². The van der Waals surface area contributed by atoms with E-state index in [1.165, 1.54) is 25.2 Å². The smallest absolute Gasteiger partial charge is 0.252 e. The van der Waals surface area contributed by atoms with Crippen molar-refractivity contribution >= 4 is 22.7 Å². The van der Waals surface area contributed by atoms with Crippen LogP contribution in [-0.2, 0) is 11.2 Å². The summed E-state index contributed by atoms with van der Waals surface area (Å²) in [6.07, 6.45) is 3.68. The van der Waals surface area contributed by atoms with E-state index in [9.17, 15) is 9.59 Å². The van der Waals surface area contributed by atoms with Gasteiger partial charge in [-0.2, -0.15) is 0 Å². The van der Waals surface area contributed by atoms with Crippen LogP contribution in [-0.4, -0.2) is 43.6 Å². The van der Waals surface area contributed by atoms with Crippen molar-refractivity contribution in [3.8, 4) is 11.5 Å². The Balaban J connectivity index is 1.56. The fraction of sp³-hybridized carbons (Fsp3) is 0.360. The highest BCUT2D eigenvalue weighted by Crippen LogP contribution is 2.23. The molecule has 3 N–H and O–H groups in total. The summed E-state index contributed by atoms with van der Waals surface area (Å²) >= 11 is 0. The molecule has 1 unspecified atom stereocenters. The zero-order chi connectivity index (χ0) is 23.1. The van der Waals surface area contributed by atoms with Crippen molar-refractivity contribution in [2.24, 2.45) is 5.92 Å². The second-order valence-electron chi connectivity index (χ2n) is 8.05. The molecule has 1 atom stereocenters. The molecule has 3 aromatic rings. The number of para-hydroxylation sites is 1. The average Bonchev–Trinajstić information content (AvgIpc) is 3.22. The van der Waals surface area contributed by atoms with Gasteiger partial charge in [-0.05, 0) is 42.5 Å². The number of aromatic amines is 1. The quantitative estimate of drug-likeness (QED) is 0.422. The van der Waals surface area contributed by atoms with E-state index in [-0.39, 0.29) is 17.7 Å². The third-order valence-electron chi connectivity index (χ3n) is 5.45. The number of ether oxygens (including phenoxy) is 2. The van der Waals surface area contributed by atoms with E-state index in [4.69, 9.17) is 9.47 Å². The number of H-pyrrole nitrogens is 1. The molecule has 2 amide bonds. The number of hydrogen-bond acceptors (Lipinski definition) is 4. The molecule has 0 bridgehead atoms. The van der Waals surface area contributed by atoms with Gasteiger partial charge in [0.05, 0.1) is 14.2 Å². The second-order valence-corrected chi connectivity index (χ2v) is 8.05. The van der Waals surface area contributed by atoms with Crippen LogP contribution < -0.4 is 20.1 Å². The maximum absolute atomic E-state index is 12.8. The molecule has 0 aliphatic heterocycles. The number of amides is 2. The van der Waals surface area contributed by atoms with Crippen LogP contribution in [0.1, 0.15) is 36.2 Å². The summed E-state index contributed by atoms with van der Waals surface area (Å²) < 4.78 is 10.5. The third-order valence-corrected chi connectivity index (χ3v) is 5.45. The van der Waals surface area contributed by atoms with E-state index < -0.39 is 6.04 Å². The summed E-state index contributed by atoms with van der Waals surface area (Å²) in [4.78, 5) is 28.9. The highest BCUT2D eigenvalue weighted by molar-refractivity contribution is 5.98. The first kappa shape index (κ1) is 23.2. The Labute approximate surface area is 188 Å². The van der Waals surface area contributed by atoms with Gasteiger partial charge in [-0.1, -0.05) is 32.0 Å². The molecule has 0 saturated heterocycles. The van der Waals surface area contributed by atoms with Gasteiger partial charge in [0.2, 0.25) is 5.91 Å². The van der Waals surface area contributed by atoms with Crippen LogP contribution in [0.4, 0.5) is 0 Å². The van der Waals surface area contributed by atoms with E-state index in [2.05, 4.69) is 27.8 Å². The maximum Gasteiger partial charge on any atom is 0.252 e. The van der Waals surface area contributed by atoms with Crippen LogP contribution in [0.15, 0.2) is 48.7 Å². The topological polar surface area (TPSA) is 92.4 Å². The number of carbonyl (C=O) groups excluding carboxylic acids is 2. The van der Waals surface area contributed by atoms with Crippen LogP contribution >= 0.6 is 0 Å². The van der Waals surface area contributed by atoms with Crippen LogP contribution in [0, 0.1) is 5.92 Å². The minimum atomic E-state index is -0.646. The van der Waals surface area contributed by atoms with Gasteiger partial charge in [0.25, 0.3) is 5.91 Å². The van der Waals surface area contributed by atoms with Crippen LogP contribution in [0.2, 0.25) is 0 Å². The number of nitrogens with one attached hydrogen (secondary N) is 3. The van der Waals surface area contributed by atoms with E-state index in [0.717, 1.165) is 18.4 Å². The fourth-order valence-electron chi connectivity index (χ4n) is 3.64. The van der Waals surface area contributed by atoms with Crippen LogP contribution in [0.25, 0.3) is 10.9 Å². The van der Waals surface area contributed by atoms with Gasteiger partial charge in [-0.25, -0.2) is 0 Å². The van der Waals surface area contributed by atoms with Crippen molar-refractivity contribution in [3.05, 3.63) is 59.8 Å². The zero-order valence-corrected chi connectivity index (χ0v) is 19.0. The van der Waals surface area contributed by atoms with Gasteiger partial charge in [-0.3, -0.25) is 9.59 Å². The molecule has 7 heteroatoms. The first-order valence-corrected chi connectivity index (χ1v) is 10.8. The van der Waals surface area contributed by atoms with Crippen LogP contribution in [0.5, 0.6) is 11.5 Å². The number of methoxy groups -OCH3 is 2. The summed E-state index contributed by atoms with van der Waals surface area (Å²) in [7, 11) is 3.05. The first-order chi connectivity index (χ1) is 15.4. The Morgan fingerprint density at radius 1 is 1.03 bits per heavy atom. The van der Waals surface area contributed by atoms with Gasteiger partial charge in [0.1, 0.15) is 17.5 Å². The highest BCUT2D eigenvalue weighted by Gasteiger charge is 2.25. The zero-order valence-electron chi connectivity index (χ0n) is 19.0. The lowest BCUT2D eigenvalue weighted by Crippen LogP contribution is -2.49. The lowest BCUT2D eigenvalue weighted by molar-refractivity contribution is -0.123. The largest absolute Gasteiger partial charge is 0.497 e. The molecule has 0 saturated carbocycles.